The zero-order valence-corrected chi connectivity index (χ0v) is 20.4. The molecule has 1 heterocycles. The quantitative estimate of drug-likeness (QED) is 0.293. The number of carbonyl (C=O) groups excluding carboxylic acids is 1. The van der Waals surface area contributed by atoms with Crippen LogP contribution in [0, 0.1) is 0 Å². The van der Waals surface area contributed by atoms with E-state index in [2.05, 4.69) is 13.8 Å². The summed E-state index contributed by atoms with van der Waals surface area (Å²) in [6.45, 7) is 9.39. The largest absolute Gasteiger partial charge is 0.450 e. The van der Waals surface area contributed by atoms with Gasteiger partial charge in [-0.05, 0) is 6.92 Å². The summed E-state index contributed by atoms with van der Waals surface area (Å²) in [6, 6.07) is 0. The van der Waals surface area contributed by atoms with Gasteiger partial charge in [-0.25, -0.2) is 4.79 Å². The number of halogens is 1. The van der Waals surface area contributed by atoms with Crippen LogP contribution in [-0.4, -0.2) is 71.6 Å². The van der Waals surface area contributed by atoms with Gasteiger partial charge in [0, 0.05) is 26.2 Å². The molecule has 140 valence electrons. The van der Waals surface area contributed by atoms with Crippen LogP contribution >= 0.6 is 21.1 Å². The molecule has 0 N–H and O–H groups in total. The second-order valence-corrected chi connectivity index (χ2v) is 16.1. The normalized spacial score (nSPS) is 13.8. The molecular weight excluding hydrogens is 470 g/mol. The molecule has 0 unspecified atom stereocenters. The molecule has 4 nitrogen and oxygen atoms in total. The molecule has 1 fully saturated rings. The average molecular weight is 502 g/mol. The molecule has 0 aliphatic carbocycles. The van der Waals surface area contributed by atoms with Crippen LogP contribution in [0.1, 0.15) is 46.5 Å². The van der Waals surface area contributed by atoms with Crippen LogP contribution in [0.25, 0.3) is 0 Å². The number of rotatable bonds is 7. The number of amides is 1. The second-order valence-electron chi connectivity index (χ2n) is 5.66. The first kappa shape index (κ1) is 24.5. The smallest absolute Gasteiger partial charge is 0.409 e. The number of thiocarbonyl (C=S) groups is 1. The fourth-order valence-corrected chi connectivity index (χ4v) is 9.23. The molecular formula is C16H31ClN2O2S2Sn. The maximum absolute atomic E-state index is 11.3. The van der Waals surface area contributed by atoms with Gasteiger partial charge in [-0.15, -0.1) is 0 Å². The number of hydrogen-bond donors (Lipinski definition) is 0. The first-order chi connectivity index (χ1) is 11.5. The predicted molar refractivity (Wildman–Crippen MR) is 111 cm³/mol. The van der Waals surface area contributed by atoms with Crippen LogP contribution in [-0.2, 0) is 17.4 Å². The minimum absolute atomic E-state index is 0.248. The standard InChI is InChI=1S/C8H14N2O2S2.2C4H9.ClH.Sn/c1-2-12-7(11)9-3-5-10(6-4-9)8(13)14;2*1-3-4-2;;/h2-6H2,1H3,(H,13,14);2*1,3-4H2,2H3;1H;/q;;;;+2/p-2. The van der Waals surface area contributed by atoms with E-state index in [-0.39, 0.29) is 6.09 Å². The molecule has 0 aromatic heterocycles. The van der Waals surface area contributed by atoms with Gasteiger partial charge in [0.25, 0.3) is 0 Å². The topological polar surface area (TPSA) is 32.8 Å². The Morgan fingerprint density at radius 1 is 1.08 bits per heavy atom. The summed E-state index contributed by atoms with van der Waals surface area (Å²) >= 11 is 8.49. The molecule has 0 aromatic rings. The van der Waals surface area contributed by atoms with Gasteiger partial charge in [-0.1, -0.05) is 4.32 Å². The molecule has 1 saturated heterocycles. The van der Waals surface area contributed by atoms with Crippen molar-refractivity contribution >= 4 is 62.8 Å². The molecule has 8 heteroatoms. The molecule has 1 aliphatic rings. The molecule has 0 saturated carbocycles. The Hall–Kier alpha value is 0.469. The van der Waals surface area contributed by atoms with E-state index < -0.39 is 18.6 Å². The Labute approximate surface area is 169 Å². The summed E-state index contributed by atoms with van der Waals surface area (Å²) in [5.41, 5.74) is 0. The fraction of sp³-hybridized carbons (Fsp3) is 0.875. The van der Waals surface area contributed by atoms with Crippen LogP contribution in [0.4, 0.5) is 4.79 Å². The molecule has 1 amide bonds. The summed E-state index contributed by atoms with van der Waals surface area (Å²) in [5, 5.41) is 0. The summed E-state index contributed by atoms with van der Waals surface area (Å²) in [5.74, 6) is 0. The third kappa shape index (κ3) is 11.9. The first-order valence-electron chi connectivity index (χ1n) is 8.83. The number of unbranched alkanes of at least 4 members (excludes halogenated alkanes) is 2. The van der Waals surface area contributed by atoms with Gasteiger partial charge in [0.2, 0.25) is 0 Å². The summed E-state index contributed by atoms with van der Waals surface area (Å²) < 4.78 is 8.17. The van der Waals surface area contributed by atoms with E-state index in [0.29, 0.717) is 37.1 Å². The van der Waals surface area contributed by atoms with Gasteiger partial charge in [0.15, 0.2) is 0 Å². The minimum atomic E-state index is -1.27. The predicted octanol–water partition coefficient (Wildman–Crippen LogP) is 4.41. The molecule has 0 bridgehead atoms. The summed E-state index contributed by atoms with van der Waals surface area (Å²) in [6.07, 6.45) is 5.15. The van der Waals surface area contributed by atoms with E-state index >= 15 is 0 Å². The fourth-order valence-electron chi connectivity index (χ4n) is 2.15. The Morgan fingerprint density at radius 3 is 1.92 bits per heavy atom. The van der Waals surface area contributed by atoms with Crippen LogP contribution in [0.2, 0.25) is 8.87 Å². The van der Waals surface area contributed by atoms with Gasteiger partial charge >= 0.3 is 82.1 Å². The van der Waals surface area contributed by atoms with Gasteiger partial charge in [0.1, 0.15) is 0 Å². The Kier molecular flexibility index (Phi) is 16.0. The van der Waals surface area contributed by atoms with E-state index in [1.54, 1.807) is 11.8 Å². The minimum Gasteiger partial charge on any atom is -0.450 e. The van der Waals surface area contributed by atoms with Crippen molar-refractivity contribution in [3.8, 4) is 0 Å². The van der Waals surface area contributed by atoms with E-state index in [1.165, 1.54) is 34.6 Å². The number of carbonyl (C=O) groups is 1. The van der Waals surface area contributed by atoms with Crippen molar-refractivity contribution in [3.63, 3.8) is 0 Å². The van der Waals surface area contributed by atoms with E-state index in [0.717, 1.165) is 0 Å². The Balaban J connectivity index is 0.000000470. The number of piperazine rings is 1. The maximum Gasteiger partial charge on any atom is 0.409 e. The molecule has 0 radical (unpaired) electrons. The first-order valence-corrected chi connectivity index (χ1v) is 17.3. The van der Waals surface area contributed by atoms with E-state index in [9.17, 15) is 4.79 Å². The molecule has 1 rings (SSSR count). The van der Waals surface area contributed by atoms with Crippen molar-refractivity contribution in [2.45, 2.75) is 55.3 Å². The van der Waals surface area contributed by atoms with Crippen molar-refractivity contribution in [2.24, 2.45) is 0 Å². The SMILES string of the molecule is CCC[CH2][Sn+]([Cl])[CH2]CCC.CCOC(=O)N1CCN(C(=S)[S-])CC1. The zero-order valence-electron chi connectivity index (χ0n) is 15.2. The molecule has 0 spiro atoms. The number of nitrogens with zero attached hydrogens (tertiary/aromatic N) is 2. The third-order valence-electron chi connectivity index (χ3n) is 3.67. The Morgan fingerprint density at radius 2 is 1.54 bits per heavy atom. The van der Waals surface area contributed by atoms with Crippen molar-refractivity contribution in [2.75, 3.05) is 32.8 Å². The van der Waals surface area contributed by atoms with Crippen molar-refractivity contribution in [3.05, 3.63) is 0 Å². The monoisotopic (exact) mass is 502 g/mol. The number of hydrogen-bond acceptors (Lipinski definition) is 4. The van der Waals surface area contributed by atoms with Crippen LogP contribution in [0.3, 0.4) is 0 Å². The van der Waals surface area contributed by atoms with E-state index in [1.807, 2.05) is 4.90 Å². The van der Waals surface area contributed by atoms with Crippen LogP contribution in [0.15, 0.2) is 0 Å². The van der Waals surface area contributed by atoms with Crippen molar-refractivity contribution < 1.29 is 9.53 Å². The molecule has 0 atom stereocenters. The summed E-state index contributed by atoms with van der Waals surface area (Å²) in [4.78, 5) is 14.9. The van der Waals surface area contributed by atoms with Crippen LogP contribution < -0.4 is 0 Å². The molecule has 0 aromatic carbocycles. The maximum atomic E-state index is 11.3. The third-order valence-corrected chi connectivity index (χ3v) is 11.8. The number of ether oxygens (including phenoxy) is 1. The zero-order chi connectivity index (χ0) is 18.4. The second kappa shape index (κ2) is 15.7. The summed E-state index contributed by atoms with van der Waals surface area (Å²) in [7, 11) is 6.24. The van der Waals surface area contributed by atoms with Gasteiger partial charge in [-0.2, -0.15) is 0 Å². The average Bonchev–Trinajstić information content (AvgIpc) is 2.59. The van der Waals surface area contributed by atoms with Crippen LogP contribution in [0.5, 0.6) is 0 Å². The van der Waals surface area contributed by atoms with E-state index in [4.69, 9.17) is 38.5 Å². The molecule has 24 heavy (non-hydrogen) atoms. The van der Waals surface area contributed by atoms with Crippen molar-refractivity contribution in [1.82, 2.24) is 9.80 Å². The van der Waals surface area contributed by atoms with Gasteiger partial charge in [0.05, 0.1) is 6.61 Å². The Bertz CT molecular complexity index is 349. The van der Waals surface area contributed by atoms with Gasteiger partial charge in [-0.3, -0.25) is 0 Å². The molecule has 1 aliphatic heterocycles. The van der Waals surface area contributed by atoms with Crippen molar-refractivity contribution in [1.29, 1.82) is 0 Å². The van der Waals surface area contributed by atoms with Gasteiger partial charge < -0.3 is 39.4 Å².